The molecular weight excluding hydrogens is 732 g/mol. The predicted molar refractivity (Wildman–Crippen MR) is 122 cm³/mol. The van der Waals surface area contributed by atoms with Crippen LogP contribution in [0.25, 0.3) is 0 Å². The smallest absolute Gasteiger partial charge is 0.396 e. The first kappa shape index (κ1) is 41.1. The number of hydrogen-bond acceptors (Lipinski definition) is 12. The van der Waals surface area contributed by atoms with Gasteiger partial charge >= 0.3 is 53.2 Å². The average molecular weight is 756 g/mol. The molecule has 242 valence electrons. The van der Waals surface area contributed by atoms with E-state index in [9.17, 15) is 105 Å². The average Bonchev–Trinajstić information content (AvgIpc) is 2.90. The summed E-state index contributed by atoms with van der Waals surface area (Å²) in [7, 11) is -58.1. The van der Waals surface area contributed by atoms with E-state index in [2.05, 4.69) is 9.05 Å². The third-order valence-electron chi connectivity index (χ3n) is 4.61. The van der Waals surface area contributed by atoms with E-state index in [4.69, 9.17) is 0 Å². The maximum Gasteiger partial charge on any atom is 0.396 e. The Kier molecular flexibility index (Phi) is 12.5. The lowest BCUT2D eigenvalue weighted by atomic mass is 10.7. The van der Waals surface area contributed by atoms with E-state index in [0.29, 0.717) is 0 Å². The Hall–Kier alpha value is 1.12. The van der Waals surface area contributed by atoms with E-state index in [0.717, 1.165) is 0 Å². The van der Waals surface area contributed by atoms with Crippen LogP contribution in [0.5, 0.6) is 0 Å². The summed E-state index contributed by atoms with van der Waals surface area (Å²) >= 11 is 0. The van der Waals surface area contributed by atoms with Gasteiger partial charge in [-0.25, -0.2) is 4.48 Å². The van der Waals surface area contributed by atoms with Crippen LogP contribution in [0.2, 0.25) is 0 Å². The molecule has 0 aromatic carbocycles. The topological polar surface area (TPSA) is 476 Å². The number of rotatable bonds is 12. The summed E-state index contributed by atoms with van der Waals surface area (Å²) in [5, 5.41) is 0. The largest absolute Gasteiger partial charge is 0.774 e. The van der Waals surface area contributed by atoms with Crippen molar-refractivity contribution < 1.29 is 119 Å². The second-order valence-corrected chi connectivity index (χ2v) is 22.9. The van der Waals surface area contributed by atoms with Crippen molar-refractivity contribution in [2.45, 2.75) is 22.1 Å². The summed E-state index contributed by atoms with van der Waals surface area (Å²) in [6, 6.07) is 0. The summed E-state index contributed by atoms with van der Waals surface area (Å²) in [6.45, 7) is -2.28. The molecule has 26 nitrogen and oxygen atoms in total. The van der Waals surface area contributed by atoms with Gasteiger partial charge in [-0.1, -0.05) is 0 Å². The molecule has 1 saturated heterocycles. The van der Waals surface area contributed by atoms with Crippen molar-refractivity contribution in [3.8, 4) is 0 Å². The first-order valence-electron chi connectivity index (χ1n) is 8.78. The quantitative estimate of drug-likeness (QED) is 0.0694. The molecule has 0 aromatic rings. The fourth-order valence-corrected chi connectivity index (χ4v) is 21.4. The maximum absolute atomic E-state index is 13.4. The van der Waals surface area contributed by atoms with Gasteiger partial charge in [0.1, 0.15) is 0 Å². The number of hydrogen-bond donors (Lipinski definition) is 14. The zero-order chi connectivity index (χ0) is 31.6. The van der Waals surface area contributed by atoms with Gasteiger partial charge in [-0.15, -0.1) is 0 Å². The lowest BCUT2D eigenvalue weighted by Gasteiger charge is -2.56. The summed E-state index contributed by atoms with van der Waals surface area (Å²) in [4.78, 5) is 140. The Balaban J connectivity index is 0.0000152. The standard InChI is InChI=1S/C6H21NO24P8.H3N/c8-32(9,10)3(33(11,12)13)7(4(34(14,15)16)35(17,18)19,5(36(20,21)22)37(23,24)25)6(38(26,27)28)39(29)30-1-2-31-39;/h3-6H,1-2H2,(H13-,8,9,10,11,12,13,14,15,16,17,18,19,20,21,22,23,24,25,26,27,28);1H3. The maximum atomic E-state index is 13.4. The third-order valence-corrected chi connectivity index (χ3v) is 20.8. The normalized spacial score (nSPS) is 20.4. The molecule has 1 fully saturated rings. The SMILES string of the molecule is N.O=P([O-])(O)C([N+](C(P(=O)(O)O)P(=O)(O)O)(C(P(=O)(O)O)P(=O)(O)O)C(P(=O)(O)O)P(=O)(O)O)P1(=O)OCCO1. The molecule has 1 heterocycles. The number of nitrogens with zero attached hydrogens (tertiary/aromatic N) is 1. The van der Waals surface area contributed by atoms with Gasteiger partial charge in [0.15, 0.2) is 0 Å². The minimum Gasteiger partial charge on any atom is -0.774 e. The first-order chi connectivity index (χ1) is 16.7. The van der Waals surface area contributed by atoms with Crippen LogP contribution in [0.1, 0.15) is 0 Å². The second kappa shape index (κ2) is 12.1. The molecule has 0 radical (unpaired) electrons. The van der Waals surface area contributed by atoms with Crippen LogP contribution in [0.3, 0.4) is 0 Å². The van der Waals surface area contributed by atoms with Gasteiger partial charge in [0.2, 0.25) is 7.60 Å². The summed E-state index contributed by atoms with van der Waals surface area (Å²) in [6.07, 6.45) is 0. The molecular formula is C6H24N2O24P8. The lowest BCUT2D eigenvalue weighted by Crippen LogP contribution is -2.70. The molecule has 16 N–H and O–H groups in total. The molecule has 0 aromatic heterocycles. The highest BCUT2D eigenvalue weighted by Gasteiger charge is 2.84. The monoisotopic (exact) mass is 756 g/mol. The van der Waals surface area contributed by atoms with Gasteiger partial charge in [0.25, 0.3) is 22.1 Å². The molecule has 40 heavy (non-hydrogen) atoms. The number of quaternary nitrogens is 1. The van der Waals surface area contributed by atoms with E-state index >= 15 is 0 Å². The molecule has 0 bridgehead atoms. The molecule has 0 spiro atoms. The van der Waals surface area contributed by atoms with Gasteiger partial charge in [0.05, 0.1) is 13.2 Å². The van der Waals surface area contributed by atoms with Gasteiger partial charge < -0.3 is 88.3 Å². The Labute approximate surface area is 221 Å². The van der Waals surface area contributed by atoms with Crippen LogP contribution < -0.4 is 11.0 Å². The molecule has 2 unspecified atom stereocenters. The fourth-order valence-electron chi connectivity index (χ4n) is 4.04. The summed E-state index contributed by atoms with van der Waals surface area (Å²) in [5.74, 6) is 0. The van der Waals surface area contributed by atoms with E-state index in [-0.39, 0.29) is 6.15 Å². The minimum atomic E-state index is -7.44. The Morgan fingerprint density at radius 3 is 0.900 bits per heavy atom. The minimum absolute atomic E-state index is 0. The first-order valence-corrected chi connectivity index (χ1v) is 22.1. The second-order valence-electron chi connectivity index (χ2n) is 7.59. The van der Waals surface area contributed by atoms with E-state index in [1.165, 1.54) is 0 Å². The van der Waals surface area contributed by atoms with Crippen molar-refractivity contribution in [1.82, 2.24) is 6.15 Å². The van der Waals surface area contributed by atoms with Crippen molar-refractivity contribution in [2.24, 2.45) is 0 Å². The molecule has 1 rings (SSSR count). The van der Waals surface area contributed by atoms with E-state index in [1.807, 2.05) is 0 Å². The fraction of sp³-hybridized carbons (Fsp3) is 1.00. The highest BCUT2D eigenvalue weighted by molar-refractivity contribution is 7.75. The zero-order valence-corrected chi connectivity index (χ0v) is 25.9. The highest BCUT2D eigenvalue weighted by Crippen LogP contribution is 2.85. The van der Waals surface area contributed by atoms with Crippen LogP contribution in [-0.4, -0.2) is 103 Å². The van der Waals surface area contributed by atoms with Crippen LogP contribution in [0.15, 0.2) is 0 Å². The van der Waals surface area contributed by atoms with Gasteiger partial charge in [-0.05, 0) is 0 Å². The summed E-state index contributed by atoms with van der Waals surface area (Å²) in [5.41, 5.74) is -19.8. The van der Waals surface area contributed by atoms with E-state index in [1.54, 1.807) is 0 Å². The Morgan fingerprint density at radius 1 is 0.550 bits per heavy atom. The van der Waals surface area contributed by atoms with Crippen molar-refractivity contribution in [3.63, 3.8) is 0 Å². The lowest BCUT2D eigenvalue weighted by molar-refractivity contribution is -0.933. The van der Waals surface area contributed by atoms with Gasteiger partial charge in [-0.2, -0.15) is 0 Å². The van der Waals surface area contributed by atoms with Crippen molar-refractivity contribution in [1.29, 1.82) is 0 Å². The van der Waals surface area contributed by atoms with Gasteiger partial charge in [-0.3, -0.25) is 32.0 Å². The van der Waals surface area contributed by atoms with Crippen LogP contribution in [0, 0.1) is 0 Å². The van der Waals surface area contributed by atoms with Crippen LogP contribution >= 0.6 is 60.8 Å². The Morgan fingerprint density at radius 2 is 0.750 bits per heavy atom. The predicted octanol–water partition coefficient (Wildman–Crippen LogP) is -3.05. The Bertz CT molecular complexity index is 1140. The third kappa shape index (κ3) is 8.43. The van der Waals surface area contributed by atoms with Crippen molar-refractivity contribution >= 4 is 60.8 Å². The molecule has 0 saturated carbocycles. The molecule has 2 atom stereocenters. The molecule has 1 aliphatic heterocycles. The van der Waals surface area contributed by atoms with Crippen molar-refractivity contribution in [3.05, 3.63) is 0 Å². The molecule has 0 amide bonds. The molecule has 1 aliphatic rings. The zero-order valence-electron chi connectivity index (χ0n) is 18.8. The van der Waals surface area contributed by atoms with Crippen LogP contribution in [0.4, 0.5) is 0 Å². The van der Waals surface area contributed by atoms with Crippen LogP contribution in [-0.2, 0) is 45.6 Å². The van der Waals surface area contributed by atoms with E-state index < -0.39 is 101 Å². The van der Waals surface area contributed by atoms with Crippen molar-refractivity contribution in [2.75, 3.05) is 13.2 Å². The van der Waals surface area contributed by atoms with Gasteiger partial charge in [0, 0.05) is 0 Å². The highest BCUT2D eigenvalue weighted by atomic mass is 31.3. The summed E-state index contributed by atoms with van der Waals surface area (Å²) < 4.78 is 104. The molecule has 0 aliphatic carbocycles. The molecule has 34 heteroatoms.